The number of pyridine rings is 1. The third-order valence-electron chi connectivity index (χ3n) is 4.61. The molecule has 0 fully saturated rings. The monoisotopic (exact) mass is 312 g/mol. The Hall–Kier alpha value is -2.40. The number of carbonyl (C=O) groups is 1. The second kappa shape index (κ2) is 6.01. The molecule has 2 heterocycles. The normalized spacial score (nSPS) is 17.7. The molecule has 1 atom stereocenters. The highest BCUT2D eigenvalue weighted by atomic mass is 16.4. The van der Waals surface area contributed by atoms with E-state index in [9.17, 15) is 14.7 Å². The maximum atomic E-state index is 12.4. The maximum Gasteiger partial charge on any atom is 0.341 e. The van der Waals surface area contributed by atoms with Crippen molar-refractivity contribution in [3.63, 3.8) is 0 Å². The molecule has 0 bridgehead atoms. The SMILES string of the molecule is Cc1ccn(CC2Cc3ccccc3CN2C)c(=O)c1C(=O)O. The lowest BCUT2D eigenvalue weighted by molar-refractivity contribution is 0.0693. The number of aromatic carboxylic acids is 1. The summed E-state index contributed by atoms with van der Waals surface area (Å²) in [5, 5.41) is 9.24. The van der Waals surface area contributed by atoms with E-state index in [1.807, 2.05) is 19.2 Å². The van der Waals surface area contributed by atoms with Gasteiger partial charge in [-0.25, -0.2) is 4.79 Å². The molecular formula is C18H20N2O3. The summed E-state index contributed by atoms with van der Waals surface area (Å²) in [6.07, 6.45) is 2.55. The molecule has 1 aliphatic heterocycles. The van der Waals surface area contributed by atoms with Crippen LogP contribution in [0.15, 0.2) is 41.3 Å². The van der Waals surface area contributed by atoms with Crippen LogP contribution in [0.3, 0.4) is 0 Å². The summed E-state index contributed by atoms with van der Waals surface area (Å²) < 4.78 is 1.52. The zero-order valence-electron chi connectivity index (χ0n) is 13.3. The molecular weight excluding hydrogens is 292 g/mol. The number of carboxylic acid groups (broad SMARTS) is 1. The van der Waals surface area contributed by atoms with E-state index in [4.69, 9.17) is 0 Å². The van der Waals surface area contributed by atoms with E-state index < -0.39 is 11.5 Å². The predicted octanol–water partition coefficient (Wildman–Crippen LogP) is 1.91. The molecule has 5 nitrogen and oxygen atoms in total. The molecule has 3 rings (SSSR count). The number of hydrogen-bond donors (Lipinski definition) is 1. The van der Waals surface area contributed by atoms with Crippen molar-refractivity contribution in [1.29, 1.82) is 0 Å². The van der Waals surface area contributed by atoms with E-state index in [2.05, 4.69) is 17.0 Å². The van der Waals surface area contributed by atoms with Crippen LogP contribution in [0.5, 0.6) is 0 Å². The van der Waals surface area contributed by atoms with Gasteiger partial charge in [-0.15, -0.1) is 0 Å². The van der Waals surface area contributed by atoms with Crippen LogP contribution >= 0.6 is 0 Å². The lowest BCUT2D eigenvalue weighted by Gasteiger charge is -2.34. The molecule has 0 spiro atoms. The summed E-state index contributed by atoms with van der Waals surface area (Å²) in [5.41, 5.74) is 2.56. The standard InChI is InChI=1S/C18H20N2O3/c1-12-7-8-20(17(21)16(12)18(22)23)11-15-9-13-5-3-4-6-14(13)10-19(15)2/h3-8,15H,9-11H2,1-2H3,(H,22,23). The fraction of sp³-hybridized carbons (Fsp3) is 0.333. The summed E-state index contributed by atoms with van der Waals surface area (Å²) in [6.45, 7) is 2.98. The van der Waals surface area contributed by atoms with Gasteiger partial charge in [0.05, 0.1) is 0 Å². The minimum atomic E-state index is -1.16. The number of hydrogen-bond acceptors (Lipinski definition) is 3. The van der Waals surface area contributed by atoms with Crippen LogP contribution in [0.4, 0.5) is 0 Å². The Morgan fingerprint density at radius 2 is 1.96 bits per heavy atom. The Morgan fingerprint density at radius 1 is 1.26 bits per heavy atom. The molecule has 0 saturated carbocycles. The quantitative estimate of drug-likeness (QED) is 0.940. The Kier molecular flexibility index (Phi) is 4.05. The first kappa shape index (κ1) is 15.5. The summed E-state index contributed by atoms with van der Waals surface area (Å²) in [6, 6.07) is 10.2. The third kappa shape index (κ3) is 2.92. The van der Waals surface area contributed by atoms with Crippen molar-refractivity contribution in [3.8, 4) is 0 Å². The fourth-order valence-electron chi connectivity index (χ4n) is 3.22. The molecule has 2 aromatic rings. The largest absolute Gasteiger partial charge is 0.477 e. The van der Waals surface area contributed by atoms with E-state index in [0.717, 1.165) is 13.0 Å². The third-order valence-corrected chi connectivity index (χ3v) is 4.61. The van der Waals surface area contributed by atoms with Gasteiger partial charge in [0, 0.05) is 25.3 Å². The van der Waals surface area contributed by atoms with Gasteiger partial charge in [0.2, 0.25) is 0 Å². The number of carboxylic acids is 1. The molecule has 5 heteroatoms. The Labute approximate surface area is 134 Å². The fourth-order valence-corrected chi connectivity index (χ4v) is 3.22. The number of aryl methyl sites for hydroxylation is 1. The molecule has 1 unspecified atom stereocenters. The zero-order chi connectivity index (χ0) is 16.6. The smallest absolute Gasteiger partial charge is 0.341 e. The molecule has 0 saturated heterocycles. The minimum absolute atomic E-state index is 0.133. The molecule has 120 valence electrons. The number of fused-ring (bicyclic) bond motifs is 1. The topological polar surface area (TPSA) is 62.5 Å². The first-order chi connectivity index (χ1) is 11.0. The van der Waals surface area contributed by atoms with Crippen LogP contribution in [0.1, 0.15) is 27.0 Å². The highest BCUT2D eigenvalue weighted by molar-refractivity contribution is 5.88. The molecule has 1 aromatic carbocycles. The van der Waals surface area contributed by atoms with E-state index in [0.29, 0.717) is 12.1 Å². The van der Waals surface area contributed by atoms with Crippen molar-refractivity contribution >= 4 is 5.97 Å². The average Bonchev–Trinajstić information content (AvgIpc) is 2.50. The molecule has 1 aromatic heterocycles. The van der Waals surface area contributed by atoms with Crippen LogP contribution in [0, 0.1) is 6.92 Å². The second-order valence-electron chi connectivity index (χ2n) is 6.18. The van der Waals surface area contributed by atoms with Gasteiger partial charge >= 0.3 is 5.97 Å². The van der Waals surface area contributed by atoms with Crippen molar-refractivity contribution in [3.05, 3.63) is 69.1 Å². The van der Waals surface area contributed by atoms with E-state index in [1.54, 1.807) is 19.2 Å². The Balaban J connectivity index is 1.90. The van der Waals surface area contributed by atoms with E-state index >= 15 is 0 Å². The van der Waals surface area contributed by atoms with Gasteiger partial charge in [0.15, 0.2) is 0 Å². The highest BCUT2D eigenvalue weighted by Gasteiger charge is 2.24. The molecule has 1 aliphatic rings. The summed E-state index contributed by atoms with van der Waals surface area (Å²) in [7, 11) is 2.04. The first-order valence-corrected chi connectivity index (χ1v) is 7.67. The van der Waals surface area contributed by atoms with Gasteiger partial charge in [-0.05, 0) is 43.1 Å². The lowest BCUT2D eigenvalue weighted by atomic mass is 9.94. The van der Waals surface area contributed by atoms with Gasteiger partial charge in [0.25, 0.3) is 5.56 Å². The van der Waals surface area contributed by atoms with Gasteiger partial charge in [0.1, 0.15) is 5.56 Å². The highest BCUT2D eigenvalue weighted by Crippen LogP contribution is 2.22. The second-order valence-corrected chi connectivity index (χ2v) is 6.18. The summed E-state index contributed by atoms with van der Waals surface area (Å²) >= 11 is 0. The van der Waals surface area contributed by atoms with E-state index in [1.165, 1.54) is 15.7 Å². The number of aromatic nitrogens is 1. The van der Waals surface area contributed by atoms with Crippen LogP contribution in [0.25, 0.3) is 0 Å². The number of nitrogens with zero attached hydrogens (tertiary/aromatic N) is 2. The Bertz CT molecular complexity index is 810. The van der Waals surface area contributed by atoms with Crippen molar-refractivity contribution in [2.75, 3.05) is 7.05 Å². The van der Waals surface area contributed by atoms with Gasteiger partial charge < -0.3 is 9.67 Å². The van der Waals surface area contributed by atoms with Gasteiger partial charge in [-0.1, -0.05) is 24.3 Å². The number of benzene rings is 1. The average molecular weight is 312 g/mol. The van der Waals surface area contributed by atoms with Crippen LogP contribution in [-0.4, -0.2) is 33.6 Å². The van der Waals surface area contributed by atoms with Crippen LogP contribution in [0.2, 0.25) is 0 Å². The zero-order valence-corrected chi connectivity index (χ0v) is 13.3. The summed E-state index contributed by atoms with van der Waals surface area (Å²) in [4.78, 5) is 25.9. The predicted molar refractivity (Wildman–Crippen MR) is 87.8 cm³/mol. The molecule has 0 radical (unpaired) electrons. The minimum Gasteiger partial charge on any atom is -0.477 e. The molecule has 1 N–H and O–H groups in total. The van der Waals surface area contributed by atoms with E-state index in [-0.39, 0.29) is 11.6 Å². The maximum absolute atomic E-state index is 12.4. The van der Waals surface area contributed by atoms with Crippen molar-refractivity contribution in [1.82, 2.24) is 9.47 Å². The van der Waals surface area contributed by atoms with Gasteiger partial charge in [-0.3, -0.25) is 9.69 Å². The van der Waals surface area contributed by atoms with Crippen LogP contribution < -0.4 is 5.56 Å². The lowest BCUT2D eigenvalue weighted by Crippen LogP contribution is -2.42. The molecule has 0 aliphatic carbocycles. The molecule has 0 amide bonds. The van der Waals surface area contributed by atoms with Crippen molar-refractivity contribution < 1.29 is 9.90 Å². The van der Waals surface area contributed by atoms with Crippen molar-refractivity contribution in [2.45, 2.75) is 32.5 Å². The molecule has 23 heavy (non-hydrogen) atoms. The van der Waals surface area contributed by atoms with Crippen molar-refractivity contribution in [2.24, 2.45) is 0 Å². The number of likely N-dealkylation sites (N-methyl/N-ethyl adjacent to an activating group) is 1. The van der Waals surface area contributed by atoms with Crippen LogP contribution in [-0.2, 0) is 19.5 Å². The summed E-state index contributed by atoms with van der Waals surface area (Å²) in [5.74, 6) is -1.16. The number of rotatable bonds is 3. The first-order valence-electron chi connectivity index (χ1n) is 7.67. The van der Waals surface area contributed by atoms with Gasteiger partial charge in [-0.2, -0.15) is 0 Å². The Morgan fingerprint density at radius 3 is 2.65 bits per heavy atom.